The third-order valence-corrected chi connectivity index (χ3v) is 6.41. The van der Waals surface area contributed by atoms with E-state index in [1.807, 2.05) is 24.3 Å². The summed E-state index contributed by atoms with van der Waals surface area (Å²) in [5.74, 6) is 0.249. The predicted octanol–water partition coefficient (Wildman–Crippen LogP) is 7.25. The fraction of sp³-hybridized carbons (Fsp3) is 0.208. The standard InChI is InChI=1S/C24H21BrCl2N2O/c1-2-14-3-5-15(6-4-14)21-13-22(19-11-16(25)7-10-23(19)30)29-24(28-21)18-9-8-17(26)12-20(18)27/h3-12,22,24,29-30H,2,13H2,1H3. The molecule has 30 heavy (non-hydrogen) atoms. The van der Waals surface area contributed by atoms with Crippen LogP contribution in [0.4, 0.5) is 0 Å². The van der Waals surface area contributed by atoms with Crippen LogP contribution in [0, 0.1) is 0 Å². The molecule has 2 atom stereocenters. The largest absolute Gasteiger partial charge is 0.508 e. The number of aliphatic imine (C=N–C) groups is 1. The zero-order chi connectivity index (χ0) is 21.3. The number of hydrogen-bond acceptors (Lipinski definition) is 3. The molecule has 3 aromatic rings. The Kier molecular flexibility index (Phi) is 6.49. The van der Waals surface area contributed by atoms with Gasteiger partial charge in [0.15, 0.2) is 0 Å². The lowest BCUT2D eigenvalue weighted by Gasteiger charge is -2.31. The maximum Gasteiger partial charge on any atom is 0.127 e. The van der Waals surface area contributed by atoms with Crippen molar-refractivity contribution < 1.29 is 5.11 Å². The van der Waals surface area contributed by atoms with Crippen molar-refractivity contribution in [2.45, 2.75) is 32.0 Å². The average Bonchev–Trinajstić information content (AvgIpc) is 2.75. The first-order valence-corrected chi connectivity index (χ1v) is 11.3. The van der Waals surface area contributed by atoms with Gasteiger partial charge in [-0.2, -0.15) is 0 Å². The molecule has 2 N–H and O–H groups in total. The fourth-order valence-corrected chi connectivity index (χ4v) is 4.59. The first-order chi connectivity index (χ1) is 14.4. The Hall–Kier alpha value is -1.85. The lowest BCUT2D eigenvalue weighted by atomic mass is 9.93. The van der Waals surface area contributed by atoms with Gasteiger partial charge in [0, 0.05) is 43.8 Å². The summed E-state index contributed by atoms with van der Waals surface area (Å²) in [5, 5.41) is 15.2. The third-order valence-electron chi connectivity index (χ3n) is 5.36. The van der Waals surface area contributed by atoms with Gasteiger partial charge in [0.05, 0.1) is 0 Å². The van der Waals surface area contributed by atoms with Crippen molar-refractivity contribution in [3.05, 3.63) is 97.4 Å². The topological polar surface area (TPSA) is 44.6 Å². The summed E-state index contributed by atoms with van der Waals surface area (Å²) in [5.41, 5.74) is 4.99. The van der Waals surface area contributed by atoms with E-state index in [9.17, 15) is 5.11 Å². The average molecular weight is 504 g/mol. The molecule has 154 valence electrons. The Morgan fingerprint density at radius 3 is 2.50 bits per heavy atom. The minimum Gasteiger partial charge on any atom is -0.508 e. The van der Waals surface area contributed by atoms with E-state index in [1.54, 1.807) is 12.1 Å². The molecule has 1 heterocycles. The van der Waals surface area contributed by atoms with Crippen molar-refractivity contribution in [3.8, 4) is 5.75 Å². The predicted molar refractivity (Wildman–Crippen MR) is 128 cm³/mol. The Labute approximate surface area is 194 Å². The van der Waals surface area contributed by atoms with Crippen LogP contribution in [0.25, 0.3) is 0 Å². The Bertz CT molecular complexity index is 1100. The molecule has 0 saturated heterocycles. The van der Waals surface area contributed by atoms with Crippen molar-refractivity contribution in [3.63, 3.8) is 0 Å². The van der Waals surface area contributed by atoms with E-state index in [4.69, 9.17) is 28.2 Å². The second-order valence-electron chi connectivity index (χ2n) is 7.32. The van der Waals surface area contributed by atoms with E-state index >= 15 is 0 Å². The highest BCUT2D eigenvalue weighted by Gasteiger charge is 2.28. The molecule has 0 aromatic heterocycles. The number of halogens is 3. The first-order valence-electron chi connectivity index (χ1n) is 9.80. The number of nitrogens with one attached hydrogen (secondary N) is 1. The van der Waals surface area contributed by atoms with Gasteiger partial charge in [-0.15, -0.1) is 0 Å². The molecule has 0 bridgehead atoms. The molecule has 0 fully saturated rings. The lowest BCUT2D eigenvalue weighted by Crippen LogP contribution is -2.33. The number of aryl methyl sites for hydroxylation is 1. The van der Waals surface area contributed by atoms with Crippen LogP contribution in [0.2, 0.25) is 10.0 Å². The number of phenolic OH excluding ortho intramolecular Hbond substituents is 1. The van der Waals surface area contributed by atoms with Crippen molar-refractivity contribution >= 4 is 44.8 Å². The maximum absolute atomic E-state index is 10.5. The van der Waals surface area contributed by atoms with E-state index in [1.165, 1.54) is 5.56 Å². The number of nitrogens with zero attached hydrogens (tertiary/aromatic N) is 1. The van der Waals surface area contributed by atoms with E-state index in [0.717, 1.165) is 33.3 Å². The molecule has 3 aromatic carbocycles. The second kappa shape index (κ2) is 9.11. The second-order valence-corrected chi connectivity index (χ2v) is 9.08. The van der Waals surface area contributed by atoms with Gasteiger partial charge in [-0.3, -0.25) is 10.3 Å². The monoisotopic (exact) mass is 502 g/mol. The lowest BCUT2D eigenvalue weighted by molar-refractivity contribution is 0.412. The van der Waals surface area contributed by atoms with E-state index in [-0.39, 0.29) is 18.0 Å². The Balaban J connectivity index is 1.78. The van der Waals surface area contributed by atoms with Crippen molar-refractivity contribution in [1.29, 1.82) is 0 Å². The summed E-state index contributed by atoms with van der Waals surface area (Å²) >= 11 is 16.1. The SMILES string of the molecule is CCc1ccc(C2=NC(c3ccc(Cl)cc3Cl)NC(c3cc(Br)ccc3O)C2)cc1. The highest BCUT2D eigenvalue weighted by Crippen LogP contribution is 2.37. The minimum absolute atomic E-state index is 0.127. The molecular weight excluding hydrogens is 483 g/mol. The molecule has 4 rings (SSSR count). The molecule has 1 aliphatic rings. The molecule has 0 spiro atoms. The highest BCUT2D eigenvalue weighted by atomic mass is 79.9. The van der Waals surface area contributed by atoms with E-state index in [2.05, 4.69) is 52.4 Å². The summed E-state index contributed by atoms with van der Waals surface area (Å²) in [7, 11) is 0. The van der Waals surface area contributed by atoms with Crippen LogP contribution in [-0.2, 0) is 6.42 Å². The van der Waals surface area contributed by atoms with Gasteiger partial charge >= 0.3 is 0 Å². The van der Waals surface area contributed by atoms with Gasteiger partial charge in [-0.25, -0.2) is 0 Å². The third kappa shape index (κ3) is 4.57. The van der Waals surface area contributed by atoms with Gasteiger partial charge < -0.3 is 5.11 Å². The molecule has 1 aliphatic heterocycles. The van der Waals surface area contributed by atoms with Gasteiger partial charge in [-0.1, -0.05) is 76.4 Å². The number of phenols is 1. The zero-order valence-electron chi connectivity index (χ0n) is 16.4. The van der Waals surface area contributed by atoms with Crippen LogP contribution in [0.5, 0.6) is 5.75 Å². The molecule has 2 unspecified atom stereocenters. The molecular formula is C24H21BrCl2N2O. The van der Waals surface area contributed by atoms with Crippen LogP contribution in [0.1, 0.15) is 47.8 Å². The number of benzene rings is 3. The van der Waals surface area contributed by atoms with Crippen LogP contribution < -0.4 is 5.32 Å². The van der Waals surface area contributed by atoms with Crippen LogP contribution in [-0.4, -0.2) is 10.8 Å². The van der Waals surface area contributed by atoms with E-state index < -0.39 is 0 Å². The number of aromatic hydroxyl groups is 1. The number of hydrogen-bond donors (Lipinski definition) is 2. The quantitative estimate of drug-likeness (QED) is 0.393. The summed E-state index contributed by atoms with van der Waals surface area (Å²) in [6.45, 7) is 2.14. The molecule has 0 radical (unpaired) electrons. The van der Waals surface area contributed by atoms with Gasteiger partial charge in [0.25, 0.3) is 0 Å². The maximum atomic E-state index is 10.5. The number of rotatable bonds is 4. The fourth-order valence-electron chi connectivity index (χ4n) is 3.70. The minimum atomic E-state index is -0.354. The van der Waals surface area contributed by atoms with E-state index in [0.29, 0.717) is 16.5 Å². The normalized spacial score (nSPS) is 18.9. The molecule has 0 saturated carbocycles. The smallest absolute Gasteiger partial charge is 0.127 e. The van der Waals surface area contributed by atoms with Crippen LogP contribution >= 0.6 is 39.1 Å². The molecule has 0 aliphatic carbocycles. The van der Waals surface area contributed by atoms with Gasteiger partial charge in [-0.05, 0) is 47.9 Å². The summed E-state index contributed by atoms with van der Waals surface area (Å²) in [6, 6.07) is 19.3. The van der Waals surface area contributed by atoms with Crippen molar-refractivity contribution in [1.82, 2.24) is 5.32 Å². The van der Waals surface area contributed by atoms with Gasteiger partial charge in [0.1, 0.15) is 11.9 Å². The van der Waals surface area contributed by atoms with Crippen LogP contribution in [0.15, 0.2) is 70.1 Å². The van der Waals surface area contributed by atoms with Gasteiger partial charge in [0.2, 0.25) is 0 Å². The van der Waals surface area contributed by atoms with Crippen molar-refractivity contribution in [2.24, 2.45) is 4.99 Å². The molecule has 0 amide bonds. The molecule has 6 heteroatoms. The summed E-state index contributed by atoms with van der Waals surface area (Å²) < 4.78 is 0.912. The summed E-state index contributed by atoms with van der Waals surface area (Å²) in [6.07, 6.45) is 1.29. The van der Waals surface area contributed by atoms with Crippen molar-refractivity contribution in [2.75, 3.05) is 0 Å². The zero-order valence-corrected chi connectivity index (χ0v) is 19.5. The molecule has 3 nitrogen and oxygen atoms in total. The Morgan fingerprint density at radius 2 is 1.80 bits per heavy atom. The summed E-state index contributed by atoms with van der Waals surface area (Å²) in [4.78, 5) is 4.98. The highest BCUT2D eigenvalue weighted by molar-refractivity contribution is 9.10. The first kappa shape index (κ1) is 21.4. The Morgan fingerprint density at radius 1 is 1.03 bits per heavy atom. The van der Waals surface area contributed by atoms with Crippen LogP contribution in [0.3, 0.4) is 0 Å².